The molecule has 1 N–H and O–H groups in total. The summed E-state index contributed by atoms with van der Waals surface area (Å²) in [4.78, 5) is 32.2. The summed E-state index contributed by atoms with van der Waals surface area (Å²) in [6.07, 6.45) is 4.83. The molecule has 0 aliphatic rings. The van der Waals surface area contributed by atoms with Crippen molar-refractivity contribution in [2.75, 3.05) is 19.1 Å². The van der Waals surface area contributed by atoms with Crippen LogP contribution in [0.4, 0.5) is 5.82 Å². The molecule has 4 rings (SSSR count). The predicted octanol–water partition coefficient (Wildman–Crippen LogP) is 4.07. The van der Waals surface area contributed by atoms with E-state index in [2.05, 4.69) is 25.3 Å². The predicted molar refractivity (Wildman–Crippen MR) is 136 cm³/mol. The van der Waals surface area contributed by atoms with Gasteiger partial charge >= 0.3 is 6.01 Å². The van der Waals surface area contributed by atoms with E-state index >= 15 is 0 Å². The summed E-state index contributed by atoms with van der Waals surface area (Å²) >= 11 is 6.30. The topological polar surface area (TPSA) is 102 Å². The fraction of sp³-hybridized carbons (Fsp3) is 0.192. The minimum Gasteiger partial charge on any atom is -0.495 e. The summed E-state index contributed by atoms with van der Waals surface area (Å²) in [6, 6.07) is 16.7. The van der Waals surface area contributed by atoms with Crippen LogP contribution in [0, 0.1) is 0 Å². The van der Waals surface area contributed by atoms with E-state index in [1.165, 1.54) is 6.20 Å². The summed E-state index contributed by atoms with van der Waals surface area (Å²) in [7, 11) is 3.40. The minimum atomic E-state index is -0.327. The standard InChI is InChI=1S/C26H25ClN6O3/c1-33(16-18-9-10-23(35-2)22(27)13-18)24-21(25(34)30-14-19-7-3-5-11-28-19)15-31-26(32-24)36-17-20-8-4-6-12-29-20/h3-13,15H,14,16-17H2,1-2H3,(H,30,34). The zero-order valence-electron chi connectivity index (χ0n) is 19.9. The molecule has 3 heterocycles. The van der Waals surface area contributed by atoms with Crippen LogP contribution in [-0.4, -0.2) is 40.0 Å². The van der Waals surface area contributed by atoms with Gasteiger partial charge in [0.25, 0.3) is 5.91 Å². The molecule has 9 nitrogen and oxygen atoms in total. The van der Waals surface area contributed by atoms with Crippen molar-refractivity contribution in [3.63, 3.8) is 0 Å². The van der Waals surface area contributed by atoms with Crippen molar-refractivity contribution in [2.24, 2.45) is 0 Å². The molecule has 0 atom stereocenters. The lowest BCUT2D eigenvalue weighted by Gasteiger charge is -2.21. The van der Waals surface area contributed by atoms with Crippen LogP contribution in [0.1, 0.15) is 27.3 Å². The van der Waals surface area contributed by atoms with E-state index in [0.29, 0.717) is 28.7 Å². The van der Waals surface area contributed by atoms with Gasteiger partial charge in [0.05, 0.1) is 30.1 Å². The van der Waals surface area contributed by atoms with E-state index in [4.69, 9.17) is 21.1 Å². The normalized spacial score (nSPS) is 10.5. The van der Waals surface area contributed by atoms with Gasteiger partial charge in [0.2, 0.25) is 0 Å². The number of nitrogens with zero attached hydrogens (tertiary/aromatic N) is 5. The fourth-order valence-electron chi connectivity index (χ4n) is 3.43. The molecule has 1 amide bonds. The average molecular weight is 505 g/mol. The van der Waals surface area contributed by atoms with E-state index in [1.54, 1.807) is 25.6 Å². The first kappa shape index (κ1) is 24.9. The number of carbonyl (C=O) groups is 1. The monoisotopic (exact) mass is 504 g/mol. The largest absolute Gasteiger partial charge is 0.495 e. The minimum absolute atomic E-state index is 0.136. The van der Waals surface area contributed by atoms with Crippen molar-refractivity contribution in [1.82, 2.24) is 25.3 Å². The number of hydrogen-bond acceptors (Lipinski definition) is 8. The Morgan fingerprint density at radius 1 is 1.03 bits per heavy atom. The molecule has 0 radical (unpaired) electrons. The number of carbonyl (C=O) groups excluding carboxylic acids is 1. The van der Waals surface area contributed by atoms with Gasteiger partial charge in [0.1, 0.15) is 23.7 Å². The smallest absolute Gasteiger partial charge is 0.318 e. The number of ether oxygens (including phenoxy) is 2. The van der Waals surface area contributed by atoms with Gasteiger partial charge in [0, 0.05) is 32.2 Å². The lowest BCUT2D eigenvalue weighted by Crippen LogP contribution is -2.28. The van der Waals surface area contributed by atoms with Crippen LogP contribution < -0.4 is 19.7 Å². The lowest BCUT2D eigenvalue weighted by molar-refractivity contribution is 0.0950. The number of hydrogen-bond donors (Lipinski definition) is 1. The first-order chi connectivity index (χ1) is 17.5. The van der Waals surface area contributed by atoms with E-state index in [0.717, 1.165) is 17.0 Å². The second-order valence-corrected chi connectivity index (χ2v) is 8.24. The highest BCUT2D eigenvalue weighted by Crippen LogP contribution is 2.27. The van der Waals surface area contributed by atoms with Crippen LogP contribution in [0.15, 0.2) is 73.2 Å². The van der Waals surface area contributed by atoms with Gasteiger partial charge in [-0.05, 0) is 42.0 Å². The quantitative estimate of drug-likeness (QED) is 0.345. The lowest BCUT2D eigenvalue weighted by atomic mass is 10.2. The Bertz CT molecular complexity index is 1310. The number of anilines is 1. The van der Waals surface area contributed by atoms with Crippen molar-refractivity contribution in [3.8, 4) is 11.8 Å². The first-order valence-corrected chi connectivity index (χ1v) is 11.5. The number of pyridine rings is 2. The molecule has 184 valence electrons. The zero-order chi connectivity index (χ0) is 25.3. The molecule has 0 bridgehead atoms. The van der Waals surface area contributed by atoms with Crippen LogP contribution in [0.5, 0.6) is 11.8 Å². The van der Waals surface area contributed by atoms with Crippen molar-refractivity contribution in [1.29, 1.82) is 0 Å². The molecular weight excluding hydrogens is 480 g/mol. The van der Waals surface area contributed by atoms with Gasteiger partial charge in [-0.3, -0.25) is 14.8 Å². The van der Waals surface area contributed by atoms with Gasteiger partial charge in [-0.25, -0.2) is 4.98 Å². The third kappa shape index (κ3) is 6.45. The number of benzene rings is 1. The molecule has 0 spiro atoms. The number of aromatic nitrogens is 4. The molecule has 0 saturated carbocycles. The van der Waals surface area contributed by atoms with Crippen LogP contribution in [0.3, 0.4) is 0 Å². The molecule has 36 heavy (non-hydrogen) atoms. The van der Waals surface area contributed by atoms with Gasteiger partial charge in [0.15, 0.2) is 0 Å². The van der Waals surface area contributed by atoms with Crippen molar-refractivity contribution >= 4 is 23.3 Å². The van der Waals surface area contributed by atoms with Gasteiger partial charge in [-0.1, -0.05) is 29.8 Å². The summed E-state index contributed by atoms with van der Waals surface area (Å²) in [5.74, 6) is 0.669. The van der Waals surface area contributed by atoms with E-state index in [1.807, 2.05) is 60.5 Å². The number of methoxy groups -OCH3 is 1. The van der Waals surface area contributed by atoms with Gasteiger partial charge in [-0.2, -0.15) is 4.98 Å². The van der Waals surface area contributed by atoms with Crippen LogP contribution in [0.25, 0.3) is 0 Å². The molecule has 0 saturated heterocycles. The van der Waals surface area contributed by atoms with Crippen LogP contribution in [0.2, 0.25) is 5.02 Å². The SMILES string of the molecule is COc1ccc(CN(C)c2nc(OCc3ccccn3)ncc2C(=O)NCc2ccccn2)cc1Cl. The number of halogens is 1. The summed E-state index contributed by atoms with van der Waals surface area (Å²) in [5, 5.41) is 3.38. The molecular formula is C26H25ClN6O3. The highest BCUT2D eigenvalue weighted by Gasteiger charge is 2.19. The van der Waals surface area contributed by atoms with Crippen LogP contribution in [-0.2, 0) is 19.7 Å². The molecule has 10 heteroatoms. The van der Waals surface area contributed by atoms with E-state index in [-0.39, 0.29) is 25.1 Å². The molecule has 1 aromatic carbocycles. The first-order valence-electron chi connectivity index (χ1n) is 11.1. The molecule has 0 fully saturated rings. The third-order valence-corrected chi connectivity index (χ3v) is 5.52. The average Bonchev–Trinajstić information content (AvgIpc) is 2.91. The van der Waals surface area contributed by atoms with Gasteiger partial charge in [-0.15, -0.1) is 0 Å². The van der Waals surface area contributed by atoms with Crippen molar-refractivity contribution in [2.45, 2.75) is 19.7 Å². The highest BCUT2D eigenvalue weighted by atomic mass is 35.5. The molecule has 4 aromatic rings. The van der Waals surface area contributed by atoms with Crippen LogP contribution >= 0.6 is 11.6 Å². The van der Waals surface area contributed by atoms with E-state index < -0.39 is 0 Å². The number of nitrogens with one attached hydrogen (secondary N) is 1. The highest BCUT2D eigenvalue weighted by molar-refractivity contribution is 6.32. The molecule has 0 aliphatic carbocycles. The van der Waals surface area contributed by atoms with Gasteiger partial charge < -0.3 is 19.7 Å². The maximum atomic E-state index is 13.1. The maximum absolute atomic E-state index is 13.1. The Morgan fingerprint density at radius 3 is 2.44 bits per heavy atom. The maximum Gasteiger partial charge on any atom is 0.318 e. The second-order valence-electron chi connectivity index (χ2n) is 7.83. The summed E-state index contributed by atoms with van der Waals surface area (Å²) < 4.78 is 11.0. The molecule has 0 aliphatic heterocycles. The fourth-order valence-corrected chi connectivity index (χ4v) is 3.71. The molecule has 0 unspecified atom stereocenters. The Labute approximate surface area is 214 Å². The van der Waals surface area contributed by atoms with Crippen molar-refractivity contribution in [3.05, 3.63) is 101 Å². The van der Waals surface area contributed by atoms with E-state index in [9.17, 15) is 4.79 Å². The Morgan fingerprint density at radius 2 is 1.78 bits per heavy atom. The molecule has 3 aromatic heterocycles. The zero-order valence-corrected chi connectivity index (χ0v) is 20.6. The van der Waals surface area contributed by atoms with Crippen molar-refractivity contribution < 1.29 is 14.3 Å². The Hall–Kier alpha value is -4.24. The Kier molecular flexibility index (Phi) is 8.25. The number of amides is 1. The number of rotatable bonds is 10. The second kappa shape index (κ2) is 11.9. The summed E-state index contributed by atoms with van der Waals surface area (Å²) in [5.41, 5.74) is 2.70. The third-order valence-electron chi connectivity index (χ3n) is 5.22. The Balaban J connectivity index is 1.56. The summed E-state index contributed by atoms with van der Waals surface area (Å²) in [6.45, 7) is 0.902.